The molecule has 0 aromatic rings. The molecule has 0 spiro atoms. The molecular formula is C11H19N. The Kier molecular flexibility index (Phi) is 6.47. The normalized spacial score (nSPS) is 11.8. The van der Waals surface area contributed by atoms with E-state index in [1.165, 1.54) is 5.71 Å². The fourth-order valence-electron chi connectivity index (χ4n) is 1.10. The standard InChI is InChI=1S/C11H19N/c1-5-8-9-10(4)12-11(6-2)7-3/h1,11H,6-9H2,2-4H3. The van der Waals surface area contributed by atoms with Crippen LogP contribution in [0.5, 0.6) is 0 Å². The van der Waals surface area contributed by atoms with Crippen LogP contribution in [0.4, 0.5) is 0 Å². The second-order valence-corrected chi connectivity index (χ2v) is 3.04. The molecular weight excluding hydrogens is 146 g/mol. The van der Waals surface area contributed by atoms with Gasteiger partial charge in [-0.15, -0.1) is 12.3 Å². The topological polar surface area (TPSA) is 12.4 Å². The van der Waals surface area contributed by atoms with Gasteiger partial charge >= 0.3 is 0 Å². The lowest BCUT2D eigenvalue weighted by Crippen LogP contribution is -2.04. The molecule has 0 aliphatic carbocycles. The molecule has 0 aliphatic heterocycles. The third-order valence-electron chi connectivity index (χ3n) is 1.98. The van der Waals surface area contributed by atoms with Crippen molar-refractivity contribution in [2.75, 3.05) is 0 Å². The van der Waals surface area contributed by atoms with Crippen LogP contribution in [0.2, 0.25) is 0 Å². The molecule has 0 atom stereocenters. The lowest BCUT2D eigenvalue weighted by molar-refractivity contribution is 0.629. The molecule has 0 rings (SSSR count). The highest BCUT2D eigenvalue weighted by molar-refractivity contribution is 5.82. The van der Waals surface area contributed by atoms with E-state index in [2.05, 4.69) is 31.7 Å². The van der Waals surface area contributed by atoms with Crippen molar-refractivity contribution >= 4 is 5.71 Å². The molecule has 0 heterocycles. The van der Waals surface area contributed by atoms with Crippen LogP contribution in [-0.2, 0) is 0 Å². The highest BCUT2D eigenvalue weighted by Gasteiger charge is 1.99. The second-order valence-electron chi connectivity index (χ2n) is 3.04. The van der Waals surface area contributed by atoms with E-state index < -0.39 is 0 Å². The first-order valence-corrected chi connectivity index (χ1v) is 4.71. The molecule has 1 heteroatoms. The van der Waals surface area contributed by atoms with Crippen LogP contribution in [0.1, 0.15) is 46.5 Å². The van der Waals surface area contributed by atoms with E-state index in [-0.39, 0.29) is 0 Å². The Bertz CT molecular complexity index is 170. The highest BCUT2D eigenvalue weighted by atomic mass is 14.8. The van der Waals surface area contributed by atoms with Gasteiger partial charge in [0.15, 0.2) is 0 Å². The smallest absolute Gasteiger partial charge is 0.0493 e. The van der Waals surface area contributed by atoms with Crippen molar-refractivity contribution in [1.29, 1.82) is 0 Å². The van der Waals surface area contributed by atoms with Gasteiger partial charge in [0.25, 0.3) is 0 Å². The zero-order valence-corrected chi connectivity index (χ0v) is 8.43. The van der Waals surface area contributed by atoms with Gasteiger partial charge in [-0.25, -0.2) is 0 Å². The maximum Gasteiger partial charge on any atom is 0.0493 e. The number of nitrogens with zero attached hydrogens (tertiary/aromatic N) is 1. The third kappa shape index (κ3) is 4.96. The molecule has 0 saturated carbocycles. The molecule has 0 aliphatic rings. The SMILES string of the molecule is C#CCCC(C)=NC(CC)CC. The summed E-state index contributed by atoms with van der Waals surface area (Å²) < 4.78 is 0. The van der Waals surface area contributed by atoms with E-state index in [1.54, 1.807) is 0 Å². The fraction of sp³-hybridized carbons (Fsp3) is 0.727. The molecule has 0 N–H and O–H groups in total. The van der Waals surface area contributed by atoms with Crippen molar-refractivity contribution < 1.29 is 0 Å². The Morgan fingerprint density at radius 2 is 2.00 bits per heavy atom. The summed E-state index contributed by atoms with van der Waals surface area (Å²) in [5.74, 6) is 2.63. The first-order chi connectivity index (χ1) is 5.74. The van der Waals surface area contributed by atoms with Gasteiger partial charge in [-0.3, -0.25) is 4.99 Å². The Morgan fingerprint density at radius 1 is 1.42 bits per heavy atom. The van der Waals surface area contributed by atoms with Crippen LogP contribution < -0.4 is 0 Å². The summed E-state index contributed by atoms with van der Waals surface area (Å²) in [6.45, 7) is 6.41. The van der Waals surface area contributed by atoms with Gasteiger partial charge in [0.1, 0.15) is 0 Å². The summed E-state index contributed by atoms with van der Waals surface area (Å²) in [7, 11) is 0. The molecule has 1 nitrogen and oxygen atoms in total. The summed E-state index contributed by atoms with van der Waals surface area (Å²) in [6.07, 6.45) is 9.19. The third-order valence-corrected chi connectivity index (χ3v) is 1.98. The lowest BCUT2D eigenvalue weighted by Gasteiger charge is -2.07. The molecule has 0 aromatic carbocycles. The Labute approximate surface area is 76.3 Å². The molecule has 12 heavy (non-hydrogen) atoms. The largest absolute Gasteiger partial charge is 0.291 e. The summed E-state index contributed by atoms with van der Waals surface area (Å²) in [6, 6.07) is 0.503. The number of hydrogen-bond acceptors (Lipinski definition) is 1. The molecule has 0 aromatic heterocycles. The summed E-state index contributed by atoms with van der Waals surface area (Å²) in [4.78, 5) is 4.57. The fourth-order valence-corrected chi connectivity index (χ4v) is 1.10. The number of rotatable bonds is 5. The van der Waals surface area contributed by atoms with Gasteiger partial charge in [-0.05, 0) is 26.2 Å². The molecule has 68 valence electrons. The highest BCUT2D eigenvalue weighted by Crippen LogP contribution is 2.04. The quantitative estimate of drug-likeness (QED) is 0.438. The van der Waals surface area contributed by atoms with Gasteiger partial charge in [-0.2, -0.15) is 0 Å². The van der Waals surface area contributed by atoms with Crippen molar-refractivity contribution in [3.63, 3.8) is 0 Å². The van der Waals surface area contributed by atoms with Crippen LogP contribution in [-0.4, -0.2) is 11.8 Å². The van der Waals surface area contributed by atoms with Crippen molar-refractivity contribution in [3.8, 4) is 12.3 Å². The maximum absolute atomic E-state index is 5.17. The zero-order chi connectivity index (χ0) is 9.40. The molecule has 0 bridgehead atoms. The Balaban J connectivity index is 3.87. The van der Waals surface area contributed by atoms with E-state index in [0.717, 1.165) is 25.7 Å². The number of terminal acetylenes is 1. The van der Waals surface area contributed by atoms with Crippen LogP contribution in [0.25, 0.3) is 0 Å². The van der Waals surface area contributed by atoms with E-state index in [0.29, 0.717) is 6.04 Å². The van der Waals surface area contributed by atoms with Crippen molar-refractivity contribution in [2.45, 2.75) is 52.5 Å². The minimum Gasteiger partial charge on any atom is -0.291 e. The van der Waals surface area contributed by atoms with Crippen LogP contribution in [0, 0.1) is 12.3 Å². The van der Waals surface area contributed by atoms with E-state index >= 15 is 0 Å². The molecule has 0 fully saturated rings. The Morgan fingerprint density at radius 3 is 2.42 bits per heavy atom. The van der Waals surface area contributed by atoms with Crippen LogP contribution >= 0.6 is 0 Å². The molecule has 0 saturated heterocycles. The predicted molar refractivity (Wildman–Crippen MR) is 55.5 cm³/mol. The Hall–Kier alpha value is -0.770. The summed E-state index contributed by atoms with van der Waals surface area (Å²) >= 11 is 0. The average molecular weight is 165 g/mol. The van der Waals surface area contributed by atoms with Crippen molar-refractivity contribution in [1.82, 2.24) is 0 Å². The molecule has 0 unspecified atom stereocenters. The van der Waals surface area contributed by atoms with Crippen LogP contribution in [0.3, 0.4) is 0 Å². The van der Waals surface area contributed by atoms with Crippen molar-refractivity contribution in [2.24, 2.45) is 4.99 Å². The number of hydrogen-bond donors (Lipinski definition) is 0. The zero-order valence-electron chi connectivity index (χ0n) is 8.43. The van der Waals surface area contributed by atoms with E-state index in [4.69, 9.17) is 6.42 Å². The minimum absolute atomic E-state index is 0.503. The van der Waals surface area contributed by atoms with E-state index in [9.17, 15) is 0 Å². The summed E-state index contributed by atoms with van der Waals surface area (Å²) in [5.41, 5.74) is 1.20. The molecule has 0 amide bonds. The average Bonchev–Trinajstić information content (AvgIpc) is 2.10. The lowest BCUT2D eigenvalue weighted by atomic mass is 10.1. The van der Waals surface area contributed by atoms with Crippen molar-refractivity contribution in [3.05, 3.63) is 0 Å². The predicted octanol–water partition coefficient (Wildman–Crippen LogP) is 3.05. The molecule has 0 radical (unpaired) electrons. The summed E-state index contributed by atoms with van der Waals surface area (Å²) in [5, 5.41) is 0. The second kappa shape index (κ2) is 6.91. The monoisotopic (exact) mass is 165 g/mol. The number of aliphatic imine (C=N–C) groups is 1. The first kappa shape index (κ1) is 11.2. The first-order valence-electron chi connectivity index (χ1n) is 4.71. The van der Waals surface area contributed by atoms with E-state index in [1.807, 2.05) is 0 Å². The van der Waals surface area contributed by atoms with Gasteiger partial charge in [0.05, 0.1) is 0 Å². The van der Waals surface area contributed by atoms with Gasteiger partial charge in [-0.1, -0.05) is 13.8 Å². The van der Waals surface area contributed by atoms with Crippen LogP contribution in [0.15, 0.2) is 4.99 Å². The van der Waals surface area contributed by atoms with Gasteiger partial charge < -0.3 is 0 Å². The maximum atomic E-state index is 5.17. The minimum atomic E-state index is 0.503. The van der Waals surface area contributed by atoms with Gasteiger partial charge in [0.2, 0.25) is 0 Å². The van der Waals surface area contributed by atoms with Gasteiger partial charge in [0, 0.05) is 18.2 Å².